The molecule has 0 aromatic heterocycles. The Labute approximate surface area is 113 Å². The zero-order valence-electron chi connectivity index (χ0n) is 10.8. The standard InChI is InChI=1S/C13H19ClN4/c1-18(2)7-3-6-15-13-11-5-4-10(14)8-12(11)16-9-17-13/h4-5,8-9,11-12H,3,6-7H2,1-2H3,(H,15,16,17)/t11-,12+/m1/s1. The third-order valence-electron chi connectivity index (χ3n) is 2.98. The number of hydrogen-bond donors (Lipinski definition) is 1. The van der Waals surface area contributed by atoms with Crippen molar-refractivity contribution in [3.05, 3.63) is 23.3 Å². The molecule has 98 valence electrons. The van der Waals surface area contributed by atoms with Gasteiger partial charge in [-0.1, -0.05) is 17.7 Å². The second-order valence-corrected chi connectivity index (χ2v) is 5.21. The number of hydrogen-bond acceptors (Lipinski definition) is 3. The van der Waals surface area contributed by atoms with E-state index in [4.69, 9.17) is 11.6 Å². The molecule has 0 aromatic carbocycles. The first-order valence-electron chi connectivity index (χ1n) is 6.19. The Morgan fingerprint density at radius 1 is 1.50 bits per heavy atom. The van der Waals surface area contributed by atoms with Gasteiger partial charge in [0.1, 0.15) is 5.84 Å². The molecule has 0 radical (unpaired) electrons. The van der Waals surface area contributed by atoms with Crippen LogP contribution in [0.5, 0.6) is 0 Å². The number of fused-ring (bicyclic) bond motifs is 1. The normalized spacial score (nSPS) is 28.2. The summed E-state index contributed by atoms with van der Waals surface area (Å²) in [5.74, 6) is 1.20. The van der Waals surface area contributed by atoms with Gasteiger partial charge < -0.3 is 10.2 Å². The number of nitrogens with one attached hydrogen (secondary N) is 1. The predicted molar refractivity (Wildman–Crippen MR) is 77.5 cm³/mol. The Hall–Kier alpha value is -1.13. The fourth-order valence-corrected chi connectivity index (χ4v) is 2.25. The predicted octanol–water partition coefficient (Wildman–Crippen LogP) is 1.65. The van der Waals surface area contributed by atoms with Crippen molar-refractivity contribution in [3.63, 3.8) is 0 Å². The molecular formula is C13H19ClN4. The minimum absolute atomic E-state index is 0.0938. The highest BCUT2D eigenvalue weighted by Gasteiger charge is 2.26. The van der Waals surface area contributed by atoms with E-state index in [1.807, 2.05) is 12.2 Å². The summed E-state index contributed by atoms with van der Waals surface area (Å²) in [4.78, 5) is 11.2. The molecule has 0 aromatic rings. The van der Waals surface area contributed by atoms with Crippen LogP contribution in [-0.4, -0.2) is 50.3 Å². The van der Waals surface area contributed by atoms with Gasteiger partial charge in [0.05, 0.1) is 18.3 Å². The second-order valence-electron chi connectivity index (χ2n) is 4.77. The number of rotatable bonds is 4. The van der Waals surface area contributed by atoms with Crippen LogP contribution in [0, 0.1) is 5.92 Å². The Balaban J connectivity index is 1.96. The van der Waals surface area contributed by atoms with Crippen LogP contribution in [0.15, 0.2) is 33.2 Å². The topological polar surface area (TPSA) is 40.0 Å². The Bertz CT molecular complexity index is 409. The van der Waals surface area contributed by atoms with E-state index in [0.29, 0.717) is 0 Å². The van der Waals surface area contributed by atoms with Crippen LogP contribution in [0.4, 0.5) is 0 Å². The van der Waals surface area contributed by atoms with Gasteiger partial charge in [-0.05, 0) is 39.2 Å². The maximum absolute atomic E-state index is 5.98. The summed E-state index contributed by atoms with van der Waals surface area (Å²) in [6, 6.07) is 0.0938. The minimum atomic E-state index is 0.0938. The molecule has 1 heterocycles. The van der Waals surface area contributed by atoms with Crippen molar-refractivity contribution in [2.45, 2.75) is 12.5 Å². The Morgan fingerprint density at radius 3 is 3.11 bits per heavy atom. The molecule has 0 bridgehead atoms. The molecule has 2 rings (SSSR count). The third kappa shape index (κ3) is 3.43. The second kappa shape index (κ2) is 6.16. The van der Waals surface area contributed by atoms with Crippen LogP contribution in [-0.2, 0) is 0 Å². The van der Waals surface area contributed by atoms with E-state index in [-0.39, 0.29) is 12.0 Å². The van der Waals surface area contributed by atoms with Gasteiger partial charge in [-0.25, -0.2) is 0 Å². The zero-order chi connectivity index (χ0) is 13.0. The summed E-state index contributed by atoms with van der Waals surface area (Å²) >= 11 is 5.98. The van der Waals surface area contributed by atoms with Crippen LogP contribution in [0.3, 0.4) is 0 Å². The monoisotopic (exact) mass is 266 g/mol. The van der Waals surface area contributed by atoms with Crippen LogP contribution in [0.1, 0.15) is 6.42 Å². The number of allylic oxidation sites excluding steroid dienone is 2. The average Bonchev–Trinajstić information content (AvgIpc) is 2.34. The molecule has 0 saturated carbocycles. The lowest BCUT2D eigenvalue weighted by molar-refractivity contribution is 0.403. The fourth-order valence-electron chi connectivity index (χ4n) is 2.04. The van der Waals surface area contributed by atoms with Crippen molar-refractivity contribution in [1.82, 2.24) is 10.2 Å². The molecule has 5 heteroatoms. The quantitative estimate of drug-likeness (QED) is 0.786. The molecule has 2 aliphatic rings. The van der Waals surface area contributed by atoms with Crippen molar-refractivity contribution in [2.24, 2.45) is 15.9 Å². The first-order valence-corrected chi connectivity index (χ1v) is 6.57. The fraction of sp³-hybridized carbons (Fsp3) is 0.538. The van der Waals surface area contributed by atoms with E-state index in [0.717, 1.165) is 30.4 Å². The minimum Gasteiger partial charge on any atom is -0.335 e. The molecular weight excluding hydrogens is 248 g/mol. The van der Waals surface area contributed by atoms with Gasteiger partial charge in [0.25, 0.3) is 0 Å². The summed E-state index contributed by atoms with van der Waals surface area (Å²) in [5, 5.41) is 3.89. The molecule has 0 unspecified atom stereocenters. The molecule has 0 fully saturated rings. The summed E-state index contributed by atoms with van der Waals surface area (Å²) in [5.41, 5.74) is 0. The van der Waals surface area contributed by atoms with Crippen molar-refractivity contribution >= 4 is 23.8 Å². The van der Waals surface area contributed by atoms with Gasteiger partial charge in [0.2, 0.25) is 0 Å². The van der Waals surface area contributed by atoms with E-state index in [1.54, 1.807) is 6.34 Å². The molecule has 1 aliphatic carbocycles. The SMILES string of the molecule is CN(C)CCCN=C1NC=N[C@H]2C=C(Cl)C=C[C@@H]12. The smallest absolute Gasteiger partial charge is 0.111 e. The van der Waals surface area contributed by atoms with Crippen molar-refractivity contribution < 1.29 is 0 Å². The first-order chi connectivity index (χ1) is 8.66. The number of aliphatic imine (C=N–C) groups is 2. The molecule has 1 N–H and O–H groups in total. The van der Waals surface area contributed by atoms with Crippen LogP contribution >= 0.6 is 11.6 Å². The van der Waals surface area contributed by atoms with Crippen molar-refractivity contribution in [2.75, 3.05) is 27.2 Å². The first kappa shape index (κ1) is 13.3. The summed E-state index contributed by atoms with van der Waals surface area (Å²) < 4.78 is 0. The number of nitrogens with zero attached hydrogens (tertiary/aromatic N) is 3. The van der Waals surface area contributed by atoms with E-state index in [9.17, 15) is 0 Å². The van der Waals surface area contributed by atoms with Gasteiger partial charge >= 0.3 is 0 Å². The Morgan fingerprint density at radius 2 is 2.33 bits per heavy atom. The van der Waals surface area contributed by atoms with Crippen LogP contribution in [0.25, 0.3) is 0 Å². The van der Waals surface area contributed by atoms with Gasteiger partial charge in [-0.15, -0.1) is 0 Å². The van der Waals surface area contributed by atoms with E-state index in [2.05, 4.69) is 40.4 Å². The molecule has 0 saturated heterocycles. The van der Waals surface area contributed by atoms with Gasteiger partial charge in [-0.2, -0.15) is 0 Å². The highest BCUT2D eigenvalue weighted by Crippen LogP contribution is 2.24. The lowest BCUT2D eigenvalue weighted by atomic mass is 9.93. The summed E-state index contributed by atoms with van der Waals surface area (Å²) in [6.07, 6.45) is 8.74. The van der Waals surface area contributed by atoms with Crippen LogP contribution in [0.2, 0.25) is 0 Å². The van der Waals surface area contributed by atoms with E-state index >= 15 is 0 Å². The van der Waals surface area contributed by atoms with E-state index in [1.165, 1.54) is 0 Å². The molecule has 1 aliphatic heterocycles. The lowest BCUT2D eigenvalue weighted by Gasteiger charge is -2.27. The highest BCUT2D eigenvalue weighted by molar-refractivity contribution is 6.31. The molecule has 4 nitrogen and oxygen atoms in total. The van der Waals surface area contributed by atoms with Crippen molar-refractivity contribution in [1.29, 1.82) is 0 Å². The highest BCUT2D eigenvalue weighted by atomic mass is 35.5. The van der Waals surface area contributed by atoms with Gasteiger partial charge in [0.15, 0.2) is 0 Å². The summed E-state index contributed by atoms with van der Waals surface area (Å²) in [6.45, 7) is 1.89. The largest absolute Gasteiger partial charge is 0.335 e. The average molecular weight is 267 g/mol. The third-order valence-corrected chi connectivity index (χ3v) is 3.23. The van der Waals surface area contributed by atoms with Gasteiger partial charge in [-0.3, -0.25) is 9.98 Å². The summed E-state index contributed by atoms with van der Waals surface area (Å²) in [7, 11) is 4.15. The maximum Gasteiger partial charge on any atom is 0.111 e. The van der Waals surface area contributed by atoms with Gasteiger partial charge in [0, 0.05) is 11.6 Å². The number of halogens is 1. The molecule has 0 amide bonds. The zero-order valence-corrected chi connectivity index (χ0v) is 11.6. The molecule has 2 atom stereocenters. The molecule has 18 heavy (non-hydrogen) atoms. The van der Waals surface area contributed by atoms with Crippen molar-refractivity contribution in [3.8, 4) is 0 Å². The number of amidine groups is 1. The maximum atomic E-state index is 5.98. The lowest BCUT2D eigenvalue weighted by Crippen LogP contribution is -2.40. The van der Waals surface area contributed by atoms with E-state index < -0.39 is 0 Å². The van der Waals surface area contributed by atoms with Crippen LogP contribution < -0.4 is 5.32 Å². The Kier molecular flexibility index (Phi) is 4.55. The molecule has 0 spiro atoms.